The maximum absolute atomic E-state index is 2.43. The van der Waals surface area contributed by atoms with E-state index in [0.717, 1.165) is 11.8 Å². The van der Waals surface area contributed by atoms with E-state index in [-0.39, 0.29) is 0 Å². The molecule has 1 aliphatic carbocycles. The Balaban J connectivity index is 2.24. The van der Waals surface area contributed by atoms with Crippen molar-refractivity contribution in [3.05, 3.63) is 34.9 Å². The fraction of sp³-hybridized carbons (Fsp3) is 0.600. The number of hydrogen-bond donors (Lipinski definition) is 0. The molecule has 0 saturated heterocycles. The molecule has 0 saturated carbocycles. The molecule has 1 aromatic carbocycles. The van der Waals surface area contributed by atoms with Crippen molar-refractivity contribution in [3.8, 4) is 0 Å². The second kappa shape index (κ2) is 4.00. The Bertz CT molecular complexity index is 347. The maximum atomic E-state index is 2.43. The summed E-state index contributed by atoms with van der Waals surface area (Å²) in [7, 11) is 0. The Hall–Kier alpha value is -0.780. The fourth-order valence-electron chi connectivity index (χ4n) is 2.50. The van der Waals surface area contributed by atoms with E-state index >= 15 is 0 Å². The first-order valence-electron chi connectivity index (χ1n) is 6.19. The van der Waals surface area contributed by atoms with Crippen molar-refractivity contribution in [2.45, 2.75) is 46.5 Å². The minimum absolute atomic E-state index is 0.661. The molecular formula is C15H22. The Labute approximate surface area is 93.7 Å². The molecule has 0 aromatic heterocycles. The zero-order valence-corrected chi connectivity index (χ0v) is 10.4. The molecule has 0 heterocycles. The predicted molar refractivity (Wildman–Crippen MR) is 66.3 cm³/mol. The van der Waals surface area contributed by atoms with Gasteiger partial charge in [-0.2, -0.15) is 0 Å². The first-order chi connectivity index (χ1) is 7.08. The van der Waals surface area contributed by atoms with E-state index < -0.39 is 0 Å². The van der Waals surface area contributed by atoms with E-state index in [4.69, 9.17) is 0 Å². The van der Waals surface area contributed by atoms with Gasteiger partial charge in [0.2, 0.25) is 0 Å². The quantitative estimate of drug-likeness (QED) is 0.675. The summed E-state index contributed by atoms with van der Waals surface area (Å²) in [4.78, 5) is 0. The van der Waals surface area contributed by atoms with Gasteiger partial charge in [0.25, 0.3) is 0 Å². The van der Waals surface area contributed by atoms with Crippen molar-refractivity contribution in [2.24, 2.45) is 11.8 Å². The first-order valence-corrected chi connectivity index (χ1v) is 6.19. The molecule has 0 aliphatic heterocycles. The molecule has 0 amide bonds. The lowest BCUT2D eigenvalue weighted by Gasteiger charge is -2.12. The molecule has 1 unspecified atom stereocenters. The van der Waals surface area contributed by atoms with Crippen LogP contribution in [0.4, 0.5) is 0 Å². The van der Waals surface area contributed by atoms with Gasteiger partial charge in [-0.3, -0.25) is 0 Å². The van der Waals surface area contributed by atoms with E-state index in [1.807, 2.05) is 0 Å². The molecule has 0 heteroatoms. The number of benzene rings is 1. The summed E-state index contributed by atoms with van der Waals surface area (Å²) in [6.45, 7) is 9.24. The van der Waals surface area contributed by atoms with E-state index in [1.165, 1.54) is 18.4 Å². The summed E-state index contributed by atoms with van der Waals surface area (Å²) in [5.41, 5.74) is 4.70. The van der Waals surface area contributed by atoms with Crippen LogP contribution in [0.5, 0.6) is 0 Å². The molecule has 1 aromatic rings. The molecule has 0 bridgehead atoms. The van der Waals surface area contributed by atoms with Gasteiger partial charge < -0.3 is 0 Å². The minimum atomic E-state index is 0.661. The fourth-order valence-corrected chi connectivity index (χ4v) is 2.50. The summed E-state index contributed by atoms with van der Waals surface area (Å²) in [6, 6.07) is 7.10. The van der Waals surface area contributed by atoms with Gasteiger partial charge >= 0.3 is 0 Å². The predicted octanol–water partition coefficient (Wildman–Crippen LogP) is 4.18. The molecule has 0 N–H and O–H groups in total. The van der Waals surface area contributed by atoms with Crippen LogP contribution in [0.25, 0.3) is 0 Å². The summed E-state index contributed by atoms with van der Waals surface area (Å²) in [5, 5.41) is 0. The van der Waals surface area contributed by atoms with E-state index in [1.54, 1.807) is 11.1 Å². The van der Waals surface area contributed by atoms with Gasteiger partial charge in [-0.05, 0) is 47.3 Å². The van der Waals surface area contributed by atoms with Crippen LogP contribution < -0.4 is 0 Å². The van der Waals surface area contributed by atoms with Gasteiger partial charge in [-0.25, -0.2) is 0 Å². The largest absolute Gasteiger partial charge is 0.0625 e. The molecule has 1 aliphatic rings. The van der Waals surface area contributed by atoms with Crippen LogP contribution in [-0.2, 0) is 12.8 Å². The third-order valence-electron chi connectivity index (χ3n) is 3.80. The number of fused-ring (bicyclic) bond motifs is 1. The minimum Gasteiger partial charge on any atom is -0.0625 e. The van der Waals surface area contributed by atoms with E-state index in [9.17, 15) is 0 Å². The summed E-state index contributed by atoms with van der Waals surface area (Å²) >= 11 is 0. The maximum Gasteiger partial charge on any atom is -0.0219 e. The smallest absolute Gasteiger partial charge is 0.0219 e. The van der Waals surface area contributed by atoms with Crippen LogP contribution in [0.1, 0.15) is 50.3 Å². The molecule has 2 rings (SSSR count). The van der Waals surface area contributed by atoms with Crippen LogP contribution in [0, 0.1) is 11.8 Å². The lowest BCUT2D eigenvalue weighted by Crippen LogP contribution is -2.07. The average molecular weight is 202 g/mol. The topological polar surface area (TPSA) is 0 Å². The van der Waals surface area contributed by atoms with E-state index in [2.05, 4.69) is 45.9 Å². The zero-order valence-electron chi connectivity index (χ0n) is 10.4. The Kier molecular flexibility index (Phi) is 2.86. The lowest BCUT2D eigenvalue weighted by atomic mass is 9.93. The summed E-state index contributed by atoms with van der Waals surface area (Å²) < 4.78 is 0. The zero-order chi connectivity index (χ0) is 11.0. The second-order valence-corrected chi connectivity index (χ2v) is 5.60. The van der Waals surface area contributed by atoms with Gasteiger partial charge in [-0.1, -0.05) is 45.9 Å². The average Bonchev–Trinajstić information content (AvgIpc) is 2.59. The van der Waals surface area contributed by atoms with Gasteiger partial charge in [-0.15, -0.1) is 0 Å². The molecule has 1 atom stereocenters. The molecule has 0 radical (unpaired) electrons. The SMILES string of the molecule is CC(C)c1ccc2c(c1)CC(C(C)C)C2. The molecule has 82 valence electrons. The van der Waals surface area contributed by atoms with Crippen molar-refractivity contribution < 1.29 is 0 Å². The second-order valence-electron chi connectivity index (χ2n) is 5.60. The molecule has 15 heavy (non-hydrogen) atoms. The molecule has 0 spiro atoms. The Morgan fingerprint density at radius 1 is 1.00 bits per heavy atom. The van der Waals surface area contributed by atoms with Crippen molar-refractivity contribution >= 4 is 0 Å². The summed E-state index contributed by atoms with van der Waals surface area (Å²) in [6.07, 6.45) is 2.60. The highest BCUT2D eigenvalue weighted by Gasteiger charge is 2.23. The Morgan fingerprint density at radius 2 is 1.67 bits per heavy atom. The van der Waals surface area contributed by atoms with Crippen LogP contribution in [-0.4, -0.2) is 0 Å². The first kappa shape index (κ1) is 10.7. The molecule has 0 fully saturated rings. The van der Waals surface area contributed by atoms with Gasteiger partial charge in [0, 0.05) is 0 Å². The standard InChI is InChI=1S/C15H22/c1-10(2)12-5-6-13-8-14(11(3)4)9-15(13)7-12/h5-7,10-11,14H,8-9H2,1-4H3. The summed E-state index contributed by atoms with van der Waals surface area (Å²) in [5.74, 6) is 2.36. The number of hydrogen-bond acceptors (Lipinski definition) is 0. The molecule has 0 nitrogen and oxygen atoms in total. The van der Waals surface area contributed by atoms with Crippen molar-refractivity contribution in [2.75, 3.05) is 0 Å². The van der Waals surface area contributed by atoms with Gasteiger partial charge in [0.1, 0.15) is 0 Å². The Morgan fingerprint density at radius 3 is 2.27 bits per heavy atom. The highest BCUT2D eigenvalue weighted by atomic mass is 14.3. The lowest BCUT2D eigenvalue weighted by molar-refractivity contribution is 0.404. The number of rotatable bonds is 2. The highest BCUT2D eigenvalue weighted by Crippen LogP contribution is 2.33. The van der Waals surface area contributed by atoms with Crippen LogP contribution in [0.3, 0.4) is 0 Å². The third-order valence-corrected chi connectivity index (χ3v) is 3.80. The van der Waals surface area contributed by atoms with Crippen molar-refractivity contribution in [1.29, 1.82) is 0 Å². The highest BCUT2D eigenvalue weighted by molar-refractivity contribution is 5.37. The normalized spacial score (nSPS) is 20.0. The van der Waals surface area contributed by atoms with Crippen LogP contribution >= 0.6 is 0 Å². The third kappa shape index (κ3) is 2.09. The van der Waals surface area contributed by atoms with E-state index in [0.29, 0.717) is 5.92 Å². The monoisotopic (exact) mass is 202 g/mol. The van der Waals surface area contributed by atoms with Crippen molar-refractivity contribution in [3.63, 3.8) is 0 Å². The van der Waals surface area contributed by atoms with Crippen LogP contribution in [0.2, 0.25) is 0 Å². The molecular weight excluding hydrogens is 180 g/mol. The van der Waals surface area contributed by atoms with Gasteiger partial charge in [0.15, 0.2) is 0 Å². The van der Waals surface area contributed by atoms with Gasteiger partial charge in [0.05, 0.1) is 0 Å². The van der Waals surface area contributed by atoms with Crippen LogP contribution in [0.15, 0.2) is 18.2 Å². The van der Waals surface area contributed by atoms with Crippen molar-refractivity contribution in [1.82, 2.24) is 0 Å².